The zero-order chi connectivity index (χ0) is 69.8. The number of halogens is 2. The van der Waals surface area contributed by atoms with Crippen LogP contribution in [0.1, 0.15) is 172 Å². The number of ether oxygens (including phenoxy) is 3. The van der Waals surface area contributed by atoms with E-state index in [0.717, 1.165) is 25.7 Å². The Morgan fingerprint density at radius 1 is 0.653 bits per heavy atom. The van der Waals surface area contributed by atoms with Gasteiger partial charge in [-0.15, -0.1) is 0 Å². The molecule has 0 unspecified atom stereocenters. The van der Waals surface area contributed by atoms with Crippen LogP contribution in [-0.4, -0.2) is 166 Å². The van der Waals surface area contributed by atoms with E-state index in [-0.39, 0.29) is 101 Å². The predicted molar refractivity (Wildman–Crippen MR) is 345 cm³/mol. The topological polar surface area (TPSA) is 351 Å². The zero-order valence-electron chi connectivity index (χ0n) is 56.3. The molecule has 10 aliphatic rings. The number of benzene rings is 2. The van der Waals surface area contributed by atoms with Crippen LogP contribution in [0.2, 0.25) is 0 Å². The number of hydrogen-bond donors (Lipinski definition) is 5. The number of rotatable bonds is 9. The minimum atomic E-state index is -4.14. The van der Waals surface area contributed by atoms with Gasteiger partial charge in [0, 0.05) is 48.9 Å². The first-order valence-corrected chi connectivity index (χ1v) is 36.5. The second-order valence-corrected chi connectivity index (χ2v) is 33.5. The molecule has 4 aliphatic carbocycles. The number of hydrogen-bond acceptors (Lipinski definition) is 17. The smallest absolute Gasteiger partial charge is 0.543 e. The van der Waals surface area contributed by atoms with Gasteiger partial charge in [-0.3, -0.25) is 38.5 Å². The number of alkyl carbamates (subject to hydrolysis) is 1. The van der Waals surface area contributed by atoms with Crippen molar-refractivity contribution in [3.05, 3.63) is 99.3 Å². The van der Waals surface area contributed by atoms with Crippen LogP contribution in [0.3, 0.4) is 0 Å². The summed E-state index contributed by atoms with van der Waals surface area (Å²) in [7, 11) is -8.10. The van der Waals surface area contributed by atoms with Crippen molar-refractivity contribution in [2.45, 2.75) is 239 Å². The van der Waals surface area contributed by atoms with E-state index in [0.29, 0.717) is 80.0 Å². The van der Waals surface area contributed by atoms with Gasteiger partial charge in [0.15, 0.2) is 0 Å². The fourth-order valence-electron chi connectivity index (χ4n) is 13.6. The van der Waals surface area contributed by atoms with Crippen molar-refractivity contribution < 1.29 is 113 Å². The molecule has 26 nitrogen and oxygen atoms in total. The maximum atomic E-state index is 14.4. The molecule has 0 aromatic heterocycles. The Hall–Kier alpha value is -6.73. The Kier molecular flexibility index (Phi) is 21.7. The number of amides is 9. The van der Waals surface area contributed by atoms with Crippen molar-refractivity contribution in [2.75, 3.05) is 13.1 Å². The third-order valence-corrected chi connectivity index (χ3v) is 24.7. The summed E-state index contributed by atoms with van der Waals surface area (Å²) in [6, 6.07) is 4.93. The number of allylic oxidation sites excluding steroid dienone is 2. The zero-order valence-corrected chi connectivity index (χ0v) is 59.9. The molecule has 0 spiro atoms. The molecule has 9 amide bonds. The second kappa shape index (κ2) is 28.7. The molecule has 0 bridgehead atoms. The molecule has 2 aromatic carbocycles. The summed E-state index contributed by atoms with van der Waals surface area (Å²) in [5.74, 6) is -6.03. The van der Waals surface area contributed by atoms with E-state index in [4.69, 9.17) is 19.9 Å². The van der Waals surface area contributed by atoms with Crippen LogP contribution in [0.4, 0.5) is 23.2 Å². The van der Waals surface area contributed by atoms with Gasteiger partial charge in [-0.25, -0.2) is 40.0 Å². The Morgan fingerprint density at radius 3 is 1.63 bits per heavy atom. The van der Waals surface area contributed by atoms with Gasteiger partial charge in [0.2, 0.25) is 33.7 Å². The summed E-state index contributed by atoms with van der Waals surface area (Å²) in [6.07, 6.45) is 11.6. The van der Waals surface area contributed by atoms with Gasteiger partial charge in [0.1, 0.15) is 63.1 Å². The van der Waals surface area contributed by atoms with E-state index in [1.54, 1.807) is 58.0 Å². The van der Waals surface area contributed by atoms with Crippen LogP contribution in [0.15, 0.2) is 60.7 Å². The summed E-state index contributed by atoms with van der Waals surface area (Å²) in [5, 5.41) is 8.22. The molecule has 0 radical (unpaired) electrons. The Bertz CT molecular complexity index is 3810. The first-order valence-electron chi connectivity index (χ1n) is 33.6. The molecule has 6 N–H and O–H groups in total. The number of carbonyl (C=O) groups excluding carboxylic acids is 9. The predicted octanol–water partition coefficient (Wildman–Crippen LogP) is 3.29. The van der Waals surface area contributed by atoms with Crippen molar-refractivity contribution >= 4 is 73.8 Å². The summed E-state index contributed by atoms with van der Waals surface area (Å²) >= 11 is 0. The molecule has 528 valence electrons. The Balaban J connectivity index is 0.000000212. The molecule has 6 aliphatic heterocycles. The van der Waals surface area contributed by atoms with Crippen LogP contribution < -0.4 is 56.0 Å². The number of nitrogens with one attached hydrogen (secondary N) is 4. The third kappa shape index (κ3) is 16.0. The van der Waals surface area contributed by atoms with E-state index in [1.807, 2.05) is 18.2 Å². The fourth-order valence-corrected chi connectivity index (χ4v) is 16.2. The number of nitrogens with zero attached hydrogens (tertiary/aromatic N) is 5. The average molecular weight is 1410 g/mol. The molecule has 10 atom stereocenters. The van der Waals surface area contributed by atoms with Crippen molar-refractivity contribution in [2.24, 2.45) is 17.6 Å². The minimum Gasteiger partial charge on any atom is -0.543 e. The number of sulfonamides is 2. The molecule has 4 saturated carbocycles. The number of nitrogens with two attached hydrogens (primary N) is 1. The van der Waals surface area contributed by atoms with Crippen molar-refractivity contribution in [3.63, 3.8) is 0 Å². The molecule has 6 heterocycles. The Morgan fingerprint density at radius 2 is 1.13 bits per heavy atom. The van der Waals surface area contributed by atoms with Crippen molar-refractivity contribution in [3.8, 4) is 0 Å². The standard InChI is InChI=1S/C36H48FN5O9S.C31H40FN5O7S.Na/c1-34(2,3)51-32(46)38-27-14-9-7-5-6-8-12-23-18-36(23,31(45)40-52(48,49)35(4)15-16-35)39-29(43)28-17-24(20-42(28)30(27)44)50-33(47)41-19-22-11-10-13-26(37)25(22)21-41;1-30(12-13-30)45(42,43)35-28(40)31-15-20(31)9-5-3-2-4-6-11-24(33)27(39)37-17-21(14-25(37)26(38)34-31)44-29(41)36-16-19-8-7-10-23(32)22(19)18-36;/h8,10-13,23-24,27-28H,5-7,9,14-21H2,1-4H3,(H3,38,39,40,43,45,46);5,7-10,20-21,24-25H,2-4,6,11-18,33H2,1H3,(H,34,38)(H,35,40);/q;;+1/p-1/b12-8-;9-5-;/t23-,24-,27+,28+,36-;20-,21-,24+,25+,31-;/m11./s1. The number of fused-ring (bicyclic) bond motifs is 6. The van der Waals surface area contributed by atoms with E-state index in [1.165, 1.54) is 38.7 Å². The summed E-state index contributed by atoms with van der Waals surface area (Å²) in [6.45, 7) is 8.21. The maximum absolute atomic E-state index is 14.4. The van der Waals surface area contributed by atoms with Gasteiger partial charge in [-0.1, -0.05) is 74.3 Å². The van der Waals surface area contributed by atoms with Gasteiger partial charge >= 0.3 is 47.8 Å². The molecule has 2 saturated heterocycles. The minimum absolute atomic E-state index is 0. The normalized spacial score (nSPS) is 30.1. The average Bonchev–Trinajstić information content (AvgIpc) is 1.57. The van der Waals surface area contributed by atoms with Gasteiger partial charge in [-0.05, 0) is 135 Å². The van der Waals surface area contributed by atoms with Crippen LogP contribution in [-0.2, 0) is 89.2 Å². The van der Waals surface area contributed by atoms with Gasteiger partial charge in [-0.2, -0.15) is 0 Å². The number of carbonyl (C=O) groups is 9. The molecular formula is C67H87F2N10NaO16S2. The van der Waals surface area contributed by atoms with E-state index < -0.39 is 160 Å². The van der Waals surface area contributed by atoms with E-state index in [9.17, 15) is 68.8 Å². The van der Waals surface area contributed by atoms with Gasteiger partial charge < -0.3 is 55.2 Å². The van der Waals surface area contributed by atoms with Crippen LogP contribution >= 0.6 is 0 Å². The molecule has 6 fully saturated rings. The van der Waals surface area contributed by atoms with Crippen molar-refractivity contribution in [1.82, 2.24) is 40.3 Å². The quantitative estimate of drug-likeness (QED) is 0.137. The summed E-state index contributed by atoms with van der Waals surface area (Å²) in [5.41, 5.74) is 4.44. The molecule has 31 heteroatoms. The summed E-state index contributed by atoms with van der Waals surface area (Å²) in [4.78, 5) is 128. The van der Waals surface area contributed by atoms with Crippen LogP contribution in [0.5, 0.6) is 0 Å². The second-order valence-electron chi connectivity index (χ2n) is 29.1. The Labute approximate surface area is 591 Å². The first kappa shape index (κ1) is 74.0. The SMILES string of the molecule is CC(C)(C)OC(=O)N[C@H]1CCCCC/C=C\[C@@H]2C[C@@]2(C(=O)[N-]S(=O)(=O)C2(C)CC2)NC(=O)[C@@H]2C[C@@H](OC(=O)N3Cc4cccc(F)c4C3)CN2C1=O.CC1(S(=O)(=O)NC(=O)[C@@]23C[C@H]2/C=C\CCCCC[C@H](N)C(=O)N2C[C@H](OC(=O)N4Cc5cccc(F)c5C4)C[C@H]2C(=O)N3)CC1.[Na+]. The third-order valence-electron chi connectivity index (χ3n) is 20.5. The van der Waals surface area contributed by atoms with Crippen LogP contribution in [0, 0.1) is 23.5 Å². The van der Waals surface area contributed by atoms with Gasteiger partial charge in [0.25, 0.3) is 5.91 Å². The maximum Gasteiger partial charge on any atom is 1.00 e. The van der Waals surface area contributed by atoms with Crippen molar-refractivity contribution in [1.29, 1.82) is 0 Å². The summed E-state index contributed by atoms with van der Waals surface area (Å²) < 4.78 is 101. The monoisotopic (exact) mass is 1410 g/mol. The largest absolute Gasteiger partial charge is 1.00 e. The molecular weight excluding hydrogens is 1330 g/mol. The van der Waals surface area contributed by atoms with Crippen LogP contribution in [0.25, 0.3) is 4.72 Å². The van der Waals surface area contributed by atoms with Gasteiger partial charge in [0.05, 0.1) is 53.2 Å². The molecule has 2 aromatic rings. The fraction of sp³-hybridized carbons (Fsp3) is 0.627. The van der Waals surface area contributed by atoms with E-state index >= 15 is 0 Å². The van der Waals surface area contributed by atoms with E-state index in [2.05, 4.69) is 25.4 Å². The molecule has 98 heavy (non-hydrogen) atoms. The first-order chi connectivity index (χ1) is 45.7. The molecule has 12 rings (SSSR count).